The van der Waals surface area contributed by atoms with Crippen LogP contribution in [0.4, 0.5) is 0 Å². The van der Waals surface area contributed by atoms with Gasteiger partial charge in [0.15, 0.2) is 4.96 Å². The topological polar surface area (TPSA) is 60.7 Å². The summed E-state index contributed by atoms with van der Waals surface area (Å²) in [5, 5.41) is 0. The first-order chi connectivity index (χ1) is 13.6. The minimum atomic E-state index is -0.254. The Balaban J connectivity index is 1.23. The van der Waals surface area contributed by atoms with Crippen molar-refractivity contribution in [2.24, 2.45) is 23.2 Å². The maximum Gasteiger partial charge on any atom is 0.312 e. The van der Waals surface area contributed by atoms with Crippen LogP contribution in [0.3, 0.4) is 0 Å². The van der Waals surface area contributed by atoms with Crippen LogP contribution < -0.4 is 5.56 Å². The molecule has 4 bridgehead atoms. The quantitative estimate of drug-likeness (QED) is 0.736. The summed E-state index contributed by atoms with van der Waals surface area (Å²) in [5.74, 6) is 2.11. The fourth-order valence-corrected chi connectivity index (χ4v) is 8.10. The number of rotatable bonds is 3. The molecular weight excluding hydrogens is 372 g/mol. The summed E-state index contributed by atoms with van der Waals surface area (Å²) in [6.07, 6.45) is 11.3. The van der Waals surface area contributed by atoms with Crippen LogP contribution in [0.5, 0.6) is 0 Å². The van der Waals surface area contributed by atoms with Gasteiger partial charge in [0.25, 0.3) is 5.56 Å². The summed E-state index contributed by atoms with van der Waals surface area (Å²) < 4.78 is 7.54. The zero-order valence-electron chi connectivity index (χ0n) is 16.1. The molecule has 6 heteroatoms. The highest BCUT2D eigenvalue weighted by molar-refractivity contribution is 7.17. The van der Waals surface area contributed by atoms with E-state index in [0.29, 0.717) is 5.69 Å². The number of aromatic nitrogens is 2. The van der Waals surface area contributed by atoms with Crippen LogP contribution in [0.2, 0.25) is 0 Å². The molecule has 0 aromatic carbocycles. The van der Waals surface area contributed by atoms with E-state index in [4.69, 9.17) is 4.74 Å². The van der Waals surface area contributed by atoms with Gasteiger partial charge in [0.1, 0.15) is 6.61 Å². The molecule has 2 aromatic rings. The maximum atomic E-state index is 13.0. The van der Waals surface area contributed by atoms with Crippen molar-refractivity contribution in [3.8, 4) is 0 Å². The van der Waals surface area contributed by atoms with Gasteiger partial charge in [-0.2, -0.15) is 0 Å². The van der Waals surface area contributed by atoms with Crippen LogP contribution in [0.25, 0.3) is 4.96 Å². The minimum absolute atomic E-state index is 0.0368. The van der Waals surface area contributed by atoms with Crippen molar-refractivity contribution >= 4 is 22.3 Å². The molecule has 0 saturated heterocycles. The number of ether oxygens (including phenoxy) is 1. The fraction of sp³-hybridized carbons (Fsp3) is 0.682. The van der Waals surface area contributed by atoms with E-state index < -0.39 is 0 Å². The SMILES string of the molecule is O=C(OCc1cc(=O)n2c3c(sc2n1)CCCC3)C12CC3CC(CC(C3)C1)C2. The van der Waals surface area contributed by atoms with E-state index in [2.05, 4.69) is 4.98 Å². The second-order valence-electron chi connectivity index (χ2n) is 9.66. The third kappa shape index (κ3) is 2.60. The summed E-state index contributed by atoms with van der Waals surface area (Å²) in [7, 11) is 0. The van der Waals surface area contributed by atoms with E-state index in [9.17, 15) is 9.59 Å². The minimum Gasteiger partial charge on any atom is -0.459 e. The van der Waals surface area contributed by atoms with Gasteiger partial charge in [0.05, 0.1) is 11.1 Å². The van der Waals surface area contributed by atoms with Crippen molar-refractivity contribution < 1.29 is 9.53 Å². The second kappa shape index (κ2) is 6.15. The highest BCUT2D eigenvalue weighted by atomic mass is 32.1. The van der Waals surface area contributed by atoms with E-state index in [1.165, 1.54) is 30.6 Å². The molecule has 0 spiro atoms. The molecular formula is C22H26N2O3S. The maximum absolute atomic E-state index is 13.0. The Morgan fingerprint density at radius 1 is 1.14 bits per heavy atom. The monoisotopic (exact) mass is 398 g/mol. The lowest BCUT2D eigenvalue weighted by molar-refractivity contribution is -0.173. The second-order valence-corrected chi connectivity index (χ2v) is 10.7. The standard InChI is InChI=1S/C22H26N2O3S/c25-19-8-16(23-21-24(19)17-3-1-2-4-18(17)28-21)12-27-20(26)22-9-13-5-14(10-22)7-15(6-13)11-22/h8,13-15H,1-7,9-12H2. The Hall–Kier alpha value is -1.69. The lowest BCUT2D eigenvalue weighted by Crippen LogP contribution is -2.50. The van der Waals surface area contributed by atoms with Gasteiger partial charge >= 0.3 is 5.97 Å². The lowest BCUT2D eigenvalue weighted by Gasteiger charge is -2.55. The molecule has 28 heavy (non-hydrogen) atoms. The fourth-order valence-electron chi connectivity index (χ4n) is 6.87. The number of nitrogens with zero attached hydrogens (tertiary/aromatic N) is 2. The number of carbonyl (C=O) groups excluding carboxylic acids is 1. The first-order valence-corrected chi connectivity index (χ1v) is 11.6. The average molecular weight is 399 g/mol. The predicted molar refractivity (Wildman–Crippen MR) is 106 cm³/mol. The average Bonchev–Trinajstić information content (AvgIpc) is 3.04. The van der Waals surface area contributed by atoms with Crippen LogP contribution in [-0.2, 0) is 29.0 Å². The molecule has 0 unspecified atom stereocenters. The smallest absolute Gasteiger partial charge is 0.312 e. The number of hydrogen-bond donors (Lipinski definition) is 0. The molecule has 2 heterocycles. The highest BCUT2D eigenvalue weighted by Gasteiger charge is 2.55. The number of carbonyl (C=O) groups is 1. The van der Waals surface area contributed by atoms with Gasteiger partial charge in [-0.1, -0.05) is 0 Å². The van der Waals surface area contributed by atoms with Gasteiger partial charge in [-0.3, -0.25) is 14.0 Å². The van der Waals surface area contributed by atoms with E-state index in [0.717, 1.165) is 66.9 Å². The van der Waals surface area contributed by atoms with Crippen molar-refractivity contribution in [2.45, 2.75) is 70.8 Å². The van der Waals surface area contributed by atoms with E-state index >= 15 is 0 Å². The molecule has 4 fully saturated rings. The molecule has 2 aromatic heterocycles. The molecule has 5 aliphatic rings. The number of aryl methyl sites for hydroxylation is 2. The lowest BCUT2D eigenvalue weighted by atomic mass is 9.49. The van der Waals surface area contributed by atoms with Crippen LogP contribution in [-0.4, -0.2) is 15.4 Å². The summed E-state index contributed by atoms with van der Waals surface area (Å²) in [6, 6.07) is 1.56. The molecule has 5 aliphatic carbocycles. The zero-order valence-corrected chi connectivity index (χ0v) is 16.9. The van der Waals surface area contributed by atoms with Crippen molar-refractivity contribution in [2.75, 3.05) is 0 Å². The van der Waals surface area contributed by atoms with E-state index in [1.54, 1.807) is 21.8 Å². The molecule has 4 saturated carbocycles. The highest BCUT2D eigenvalue weighted by Crippen LogP contribution is 2.60. The molecule has 148 valence electrons. The molecule has 0 amide bonds. The van der Waals surface area contributed by atoms with Gasteiger partial charge < -0.3 is 4.74 Å². The van der Waals surface area contributed by atoms with Crippen molar-refractivity contribution in [3.63, 3.8) is 0 Å². The summed E-state index contributed by atoms with van der Waals surface area (Å²) >= 11 is 1.62. The summed E-state index contributed by atoms with van der Waals surface area (Å²) in [4.78, 5) is 32.4. The predicted octanol–water partition coefficient (Wildman–Crippen LogP) is 3.89. The normalized spacial score (nSPS) is 33.2. The molecule has 0 N–H and O–H groups in total. The Morgan fingerprint density at radius 2 is 1.82 bits per heavy atom. The Kier molecular flexibility index (Phi) is 3.78. The van der Waals surface area contributed by atoms with Crippen molar-refractivity contribution in [1.82, 2.24) is 9.38 Å². The van der Waals surface area contributed by atoms with E-state index in [1.807, 2.05) is 0 Å². The Labute approximate surface area is 168 Å². The van der Waals surface area contributed by atoms with Crippen molar-refractivity contribution in [3.05, 3.63) is 32.7 Å². The molecule has 0 atom stereocenters. The number of thiazole rings is 1. The Bertz CT molecular complexity index is 985. The van der Waals surface area contributed by atoms with Crippen LogP contribution in [0, 0.1) is 23.2 Å². The zero-order chi connectivity index (χ0) is 18.9. The first-order valence-electron chi connectivity index (χ1n) is 10.8. The first kappa shape index (κ1) is 17.2. The molecule has 0 aliphatic heterocycles. The Morgan fingerprint density at radius 3 is 2.54 bits per heavy atom. The van der Waals surface area contributed by atoms with Crippen LogP contribution in [0.1, 0.15) is 67.6 Å². The third-order valence-corrected chi connectivity index (χ3v) is 8.78. The summed E-state index contributed by atoms with van der Waals surface area (Å²) in [5.41, 5.74) is 1.43. The molecule has 5 nitrogen and oxygen atoms in total. The van der Waals surface area contributed by atoms with Crippen LogP contribution >= 0.6 is 11.3 Å². The van der Waals surface area contributed by atoms with Crippen LogP contribution in [0.15, 0.2) is 10.9 Å². The van der Waals surface area contributed by atoms with Gasteiger partial charge in [-0.15, -0.1) is 11.3 Å². The van der Waals surface area contributed by atoms with Gasteiger partial charge in [0, 0.05) is 16.6 Å². The van der Waals surface area contributed by atoms with Gasteiger partial charge in [0.2, 0.25) is 0 Å². The number of esters is 1. The number of hydrogen-bond acceptors (Lipinski definition) is 5. The number of fused-ring (bicyclic) bond motifs is 3. The van der Waals surface area contributed by atoms with Crippen molar-refractivity contribution in [1.29, 1.82) is 0 Å². The van der Waals surface area contributed by atoms with E-state index in [-0.39, 0.29) is 23.6 Å². The third-order valence-electron chi connectivity index (χ3n) is 7.64. The molecule has 0 radical (unpaired) electrons. The summed E-state index contributed by atoms with van der Waals surface area (Å²) in [6.45, 7) is 0.120. The van der Waals surface area contributed by atoms with Gasteiger partial charge in [-0.25, -0.2) is 4.98 Å². The molecule has 7 rings (SSSR count). The largest absolute Gasteiger partial charge is 0.459 e. The van der Waals surface area contributed by atoms with Gasteiger partial charge in [-0.05, 0) is 82.0 Å².